The van der Waals surface area contributed by atoms with Gasteiger partial charge in [-0.2, -0.15) is 0 Å². The molecule has 134 valence electrons. The summed E-state index contributed by atoms with van der Waals surface area (Å²) in [5.41, 5.74) is 1.60. The second-order valence-corrected chi connectivity index (χ2v) is 8.67. The maximum Gasteiger partial charge on any atom is 0.241 e. The fourth-order valence-electron chi connectivity index (χ4n) is 2.41. The largest absolute Gasteiger partial charge is 0.548 e. The molecular weight excluding hydrogens is 338 g/mol. The predicted octanol–water partition coefficient (Wildman–Crippen LogP) is 1.62. The molecule has 1 atom stereocenters. The van der Waals surface area contributed by atoms with Crippen LogP contribution in [-0.4, -0.2) is 20.4 Å². The fourth-order valence-corrected chi connectivity index (χ4v) is 3.60. The van der Waals surface area contributed by atoms with E-state index < -0.39 is 22.0 Å². The molecule has 2 aromatic rings. The Bertz CT molecular complexity index is 822. The number of carbonyl (C=O) groups excluding carboxylic acids is 1. The Hall–Kier alpha value is -2.18. The third-order valence-electron chi connectivity index (χ3n) is 3.90. The van der Waals surface area contributed by atoms with Gasteiger partial charge in [0.2, 0.25) is 10.0 Å². The third-order valence-corrected chi connectivity index (χ3v) is 5.38. The van der Waals surface area contributed by atoms with E-state index >= 15 is 0 Å². The lowest BCUT2D eigenvalue weighted by Gasteiger charge is -2.21. The van der Waals surface area contributed by atoms with Gasteiger partial charge in [-0.05, 0) is 35.1 Å². The highest BCUT2D eigenvalue weighted by Crippen LogP contribution is 2.23. The summed E-state index contributed by atoms with van der Waals surface area (Å²) >= 11 is 0. The van der Waals surface area contributed by atoms with E-state index in [-0.39, 0.29) is 16.7 Å². The molecule has 0 aliphatic rings. The van der Waals surface area contributed by atoms with Crippen LogP contribution in [0.4, 0.5) is 0 Å². The van der Waals surface area contributed by atoms with E-state index in [1.807, 2.05) is 20.8 Å². The van der Waals surface area contributed by atoms with Crippen molar-refractivity contribution in [3.63, 3.8) is 0 Å². The molecule has 0 unspecified atom stereocenters. The fraction of sp³-hybridized carbons (Fsp3) is 0.316. The van der Waals surface area contributed by atoms with Gasteiger partial charge in [-0.25, -0.2) is 13.1 Å². The molecule has 0 bridgehead atoms. The van der Waals surface area contributed by atoms with Crippen molar-refractivity contribution in [1.29, 1.82) is 0 Å². The Balaban J connectivity index is 2.21. The minimum atomic E-state index is -3.96. The molecule has 2 rings (SSSR count). The van der Waals surface area contributed by atoms with Crippen LogP contribution in [0, 0.1) is 0 Å². The van der Waals surface area contributed by atoms with Crippen molar-refractivity contribution in [1.82, 2.24) is 4.72 Å². The first kappa shape index (κ1) is 19.1. The zero-order valence-electron chi connectivity index (χ0n) is 14.5. The van der Waals surface area contributed by atoms with Gasteiger partial charge in [-0.3, -0.25) is 0 Å². The molecule has 1 N–H and O–H groups in total. The molecule has 0 heterocycles. The number of hydrogen-bond donors (Lipinski definition) is 1. The minimum absolute atomic E-state index is 0.0163. The van der Waals surface area contributed by atoms with Crippen molar-refractivity contribution < 1.29 is 18.3 Å². The summed E-state index contributed by atoms with van der Waals surface area (Å²) in [5.74, 6) is -1.46. The highest BCUT2D eigenvalue weighted by Gasteiger charge is 2.22. The van der Waals surface area contributed by atoms with Crippen LogP contribution in [0.5, 0.6) is 0 Å². The summed E-state index contributed by atoms with van der Waals surface area (Å²) in [6.45, 7) is 6.09. The average molecular weight is 360 g/mol. The van der Waals surface area contributed by atoms with Gasteiger partial charge in [0.05, 0.1) is 16.9 Å². The summed E-state index contributed by atoms with van der Waals surface area (Å²) in [6, 6.07) is 13.9. The van der Waals surface area contributed by atoms with E-state index in [9.17, 15) is 18.3 Å². The van der Waals surface area contributed by atoms with E-state index in [0.717, 1.165) is 5.56 Å². The van der Waals surface area contributed by atoms with E-state index in [1.54, 1.807) is 42.5 Å². The van der Waals surface area contributed by atoms with Crippen LogP contribution in [-0.2, 0) is 26.7 Å². The van der Waals surface area contributed by atoms with Gasteiger partial charge in [-0.1, -0.05) is 63.2 Å². The van der Waals surface area contributed by atoms with Crippen LogP contribution < -0.4 is 9.83 Å². The Morgan fingerprint density at radius 3 is 2.08 bits per heavy atom. The first-order chi connectivity index (χ1) is 11.6. The zero-order valence-corrected chi connectivity index (χ0v) is 15.3. The third kappa shape index (κ3) is 5.14. The lowest BCUT2D eigenvalue weighted by molar-refractivity contribution is -0.307. The number of carbonyl (C=O) groups is 1. The lowest BCUT2D eigenvalue weighted by Crippen LogP contribution is -2.49. The minimum Gasteiger partial charge on any atom is -0.548 e. The molecule has 5 nitrogen and oxygen atoms in total. The Morgan fingerprint density at radius 2 is 1.60 bits per heavy atom. The quantitative estimate of drug-likeness (QED) is 0.848. The first-order valence-corrected chi connectivity index (χ1v) is 9.45. The van der Waals surface area contributed by atoms with E-state index in [2.05, 4.69) is 4.72 Å². The van der Waals surface area contributed by atoms with E-state index in [1.165, 1.54) is 12.1 Å². The number of hydrogen-bond acceptors (Lipinski definition) is 4. The number of sulfonamides is 1. The number of carboxylic acid groups (broad SMARTS) is 1. The van der Waals surface area contributed by atoms with Crippen LogP contribution in [0.3, 0.4) is 0 Å². The second kappa shape index (κ2) is 7.37. The topological polar surface area (TPSA) is 86.3 Å². The standard InChI is InChI=1S/C19H23NO4S/c1-19(2,3)15-9-11-16(12-10-15)25(23,24)20-17(18(21)22)13-14-7-5-4-6-8-14/h4-12,17,20H,13H2,1-3H3,(H,21,22)/p-1/t17-/m0/s1. The SMILES string of the molecule is CC(C)(C)c1ccc(S(=O)(=O)N[C@@H](Cc2ccccc2)C(=O)[O-])cc1. The average Bonchev–Trinajstić information content (AvgIpc) is 2.54. The molecule has 0 fully saturated rings. The number of carboxylic acids is 1. The van der Waals surface area contributed by atoms with Crippen LogP contribution in [0.25, 0.3) is 0 Å². The molecule has 2 aromatic carbocycles. The van der Waals surface area contributed by atoms with E-state index in [0.29, 0.717) is 5.56 Å². The smallest absolute Gasteiger partial charge is 0.241 e. The highest BCUT2D eigenvalue weighted by atomic mass is 32.2. The Kier molecular flexibility index (Phi) is 5.65. The molecule has 0 saturated heterocycles. The van der Waals surface area contributed by atoms with E-state index in [4.69, 9.17) is 0 Å². The van der Waals surface area contributed by atoms with Crippen molar-refractivity contribution in [2.24, 2.45) is 0 Å². The van der Waals surface area contributed by atoms with Gasteiger partial charge >= 0.3 is 0 Å². The maximum absolute atomic E-state index is 12.5. The summed E-state index contributed by atoms with van der Waals surface area (Å²) in [6.07, 6.45) is 0.0163. The number of benzene rings is 2. The van der Waals surface area contributed by atoms with Crippen molar-refractivity contribution >= 4 is 16.0 Å². The van der Waals surface area contributed by atoms with Crippen molar-refractivity contribution in [3.05, 3.63) is 65.7 Å². The van der Waals surface area contributed by atoms with Crippen LogP contribution in [0.1, 0.15) is 31.9 Å². The Morgan fingerprint density at radius 1 is 1.04 bits per heavy atom. The molecule has 6 heteroatoms. The second-order valence-electron chi connectivity index (χ2n) is 6.96. The van der Waals surface area contributed by atoms with Crippen molar-refractivity contribution in [3.8, 4) is 0 Å². The summed E-state index contributed by atoms with van der Waals surface area (Å²) < 4.78 is 27.2. The molecule has 0 aliphatic heterocycles. The molecule has 25 heavy (non-hydrogen) atoms. The molecule has 0 aliphatic carbocycles. The van der Waals surface area contributed by atoms with Crippen LogP contribution >= 0.6 is 0 Å². The summed E-state index contributed by atoms with van der Waals surface area (Å²) in [5, 5.41) is 11.4. The number of aliphatic carboxylic acids is 1. The van der Waals surface area contributed by atoms with Gasteiger partial charge in [0.15, 0.2) is 0 Å². The van der Waals surface area contributed by atoms with Gasteiger partial charge < -0.3 is 9.90 Å². The van der Waals surface area contributed by atoms with Crippen LogP contribution in [0.2, 0.25) is 0 Å². The van der Waals surface area contributed by atoms with Gasteiger partial charge in [0.25, 0.3) is 0 Å². The molecule has 0 amide bonds. The summed E-state index contributed by atoms with van der Waals surface area (Å²) in [4.78, 5) is 11.4. The van der Waals surface area contributed by atoms with Crippen molar-refractivity contribution in [2.45, 2.75) is 43.5 Å². The molecular formula is C19H22NO4S-. The molecule has 0 aromatic heterocycles. The van der Waals surface area contributed by atoms with Gasteiger partial charge in [-0.15, -0.1) is 0 Å². The zero-order chi connectivity index (χ0) is 18.7. The number of rotatable bonds is 6. The Labute approximate surface area is 148 Å². The van der Waals surface area contributed by atoms with Gasteiger partial charge in [0, 0.05) is 0 Å². The number of nitrogens with one attached hydrogen (secondary N) is 1. The highest BCUT2D eigenvalue weighted by molar-refractivity contribution is 7.89. The van der Waals surface area contributed by atoms with Crippen molar-refractivity contribution in [2.75, 3.05) is 0 Å². The normalized spacial score (nSPS) is 13.4. The predicted molar refractivity (Wildman–Crippen MR) is 94.4 cm³/mol. The molecule has 0 saturated carbocycles. The monoisotopic (exact) mass is 360 g/mol. The molecule has 0 spiro atoms. The van der Waals surface area contributed by atoms with Crippen LogP contribution in [0.15, 0.2) is 59.5 Å². The first-order valence-electron chi connectivity index (χ1n) is 7.97. The lowest BCUT2D eigenvalue weighted by atomic mass is 9.87. The molecule has 0 radical (unpaired) electrons. The van der Waals surface area contributed by atoms with Gasteiger partial charge in [0.1, 0.15) is 0 Å². The summed E-state index contributed by atoms with van der Waals surface area (Å²) in [7, 11) is -3.96. The maximum atomic E-state index is 12.5.